The van der Waals surface area contributed by atoms with Crippen molar-refractivity contribution in [3.63, 3.8) is 0 Å². The molecule has 7 nitrogen and oxygen atoms in total. The van der Waals surface area contributed by atoms with Crippen LogP contribution < -0.4 is 15.0 Å². The summed E-state index contributed by atoms with van der Waals surface area (Å²) >= 11 is 0. The third-order valence-corrected chi connectivity index (χ3v) is 3.12. The van der Waals surface area contributed by atoms with Crippen molar-refractivity contribution in [1.82, 2.24) is 10.3 Å². The van der Waals surface area contributed by atoms with E-state index in [0.29, 0.717) is 11.6 Å². The number of aromatic nitrogens is 1. The Kier molecular flexibility index (Phi) is 4.25. The van der Waals surface area contributed by atoms with Gasteiger partial charge in [0.05, 0.1) is 0 Å². The Morgan fingerprint density at radius 3 is 2.77 bits per heavy atom. The maximum absolute atomic E-state index is 12.6. The quantitative estimate of drug-likeness (QED) is 0.854. The molecule has 0 aliphatic carbocycles. The standard InChI is InChI=1S/C15H21N3O4/c1-9-11(17-14(20)22-15(2,3)4)13(19)18(5)12-10(21-9)7-6-8-16-12/h6-9,11H,1-5H3,(H,17,20)/t9-,11?/m1/s1. The van der Waals surface area contributed by atoms with Crippen molar-refractivity contribution < 1.29 is 19.1 Å². The van der Waals surface area contributed by atoms with Gasteiger partial charge in [-0.15, -0.1) is 0 Å². The molecule has 7 heteroatoms. The number of hydrogen-bond donors (Lipinski definition) is 1. The summed E-state index contributed by atoms with van der Waals surface area (Å²) in [5.41, 5.74) is -0.640. The van der Waals surface area contributed by atoms with Crippen LogP contribution in [-0.2, 0) is 9.53 Å². The van der Waals surface area contributed by atoms with Crippen molar-refractivity contribution in [2.24, 2.45) is 0 Å². The number of carbonyl (C=O) groups excluding carboxylic acids is 2. The summed E-state index contributed by atoms with van der Waals surface area (Å²) < 4.78 is 10.9. The molecule has 2 heterocycles. The predicted molar refractivity (Wildman–Crippen MR) is 80.9 cm³/mol. The van der Waals surface area contributed by atoms with Gasteiger partial charge in [-0.1, -0.05) is 0 Å². The van der Waals surface area contributed by atoms with Gasteiger partial charge in [-0.2, -0.15) is 0 Å². The van der Waals surface area contributed by atoms with Gasteiger partial charge in [-0.05, 0) is 39.8 Å². The van der Waals surface area contributed by atoms with Gasteiger partial charge >= 0.3 is 6.09 Å². The zero-order valence-corrected chi connectivity index (χ0v) is 13.4. The highest BCUT2D eigenvalue weighted by atomic mass is 16.6. The molecule has 2 rings (SSSR count). The minimum Gasteiger partial charge on any atom is -0.484 e. The zero-order valence-electron chi connectivity index (χ0n) is 13.4. The van der Waals surface area contributed by atoms with Crippen LogP contribution in [0.3, 0.4) is 0 Å². The van der Waals surface area contributed by atoms with E-state index in [-0.39, 0.29) is 5.91 Å². The summed E-state index contributed by atoms with van der Waals surface area (Å²) in [4.78, 5) is 30.0. The Morgan fingerprint density at radius 1 is 1.45 bits per heavy atom. The molecule has 0 saturated heterocycles. The molecule has 1 aliphatic heterocycles. The first-order valence-corrected chi connectivity index (χ1v) is 7.08. The second kappa shape index (κ2) is 5.82. The van der Waals surface area contributed by atoms with Crippen LogP contribution in [0.4, 0.5) is 10.6 Å². The summed E-state index contributed by atoms with van der Waals surface area (Å²) in [5, 5.41) is 2.58. The number of pyridine rings is 1. The Bertz CT molecular complexity index is 582. The van der Waals surface area contributed by atoms with Crippen LogP contribution in [0.1, 0.15) is 27.7 Å². The van der Waals surface area contributed by atoms with Crippen molar-refractivity contribution in [1.29, 1.82) is 0 Å². The average molecular weight is 307 g/mol. The number of nitrogens with one attached hydrogen (secondary N) is 1. The topological polar surface area (TPSA) is 80.8 Å². The Balaban J connectivity index is 2.20. The van der Waals surface area contributed by atoms with Gasteiger partial charge in [-0.3, -0.25) is 9.69 Å². The van der Waals surface area contributed by atoms with Gasteiger partial charge in [0.15, 0.2) is 11.6 Å². The van der Waals surface area contributed by atoms with Gasteiger partial charge in [0, 0.05) is 13.2 Å². The van der Waals surface area contributed by atoms with Gasteiger partial charge in [0.1, 0.15) is 17.7 Å². The van der Waals surface area contributed by atoms with Gasteiger partial charge in [0.2, 0.25) is 0 Å². The number of likely N-dealkylation sites (N-methyl/N-ethyl adjacent to an activating group) is 1. The van der Waals surface area contributed by atoms with Gasteiger partial charge in [0.25, 0.3) is 5.91 Å². The van der Waals surface area contributed by atoms with Crippen molar-refractivity contribution >= 4 is 17.8 Å². The van der Waals surface area contributed by atoms with Crippen molar-refractivity contribution in [3.8, 4) is 5.75 Å². The maximum atomic E-state index is 12.6. The summed E-state index contributed by atoms with van der Waals surface area (Å²) in [6.07, 6.45) is 0.375. The lowest BCUT2D eigenvalue weighted by Gasteiger charge is -2.26. The van der Waals surface area contributed by atoms with E-state index < -0.39 is 23.8 Å². The van der Waals surface area contributed by atoms with E-state index in [4.69, 9.17) is 9.47 Å². The Morgan fingerprint density at radius 2 is 2.14 bits per heavy atom. The molecule has 1 N–H and O–H groups in total. The first kappa shape index (κ1) is 16.1. The van der Waals surface area contributed by atoms with E-state index >= 15 is 0 Å². The van der Waals surface area contributed by atoms with E-state index in [2.05, 4.69) is 10.3 Å². The molecular weight excluding hydrogens is 286 g/mol. The van der Waals surface area contributed by atoms with E-state index in [1.165, 1.54) is 4.90 Å². The minimum atomic E-state index is -0.853. The van der Waals surface area contributed by atoms with Crippen molar-refractivity contribution in [3.05, 3.63) is 18.3 Å². The monoisotopic (exact) mass is 307 g/mol. The molecule has 2 atom stereocenters. The molecule has 0 bridgehead atoms. The fraction of sp³-hybridized carbons (Fsp3) is 0.533. The van der Waals surface area contributed by atoms with E-state index in [9.17, 15) is 9.59 Å². The Labute approximate surface area is 129 Å². The molecule has 120 valence electrons. The second-order valence-corrected chi connectivity index (χ2v) is 6.17. The number of carbonyl (C=O) groups is 2. The summed E-state index contributed by atoms with van der Waals surface area (Å²) in [5.74, 6) is 0.614. The summed E-state index contributed by atoms with van der Waals surface area (Å²) in [7, 11) is 1.60. The SMILES string of the molecule is C[C@H]1Oc2cccnc2N(C)C(=O)C1NC(=O)OC(C)(C)C. The molecule has 0 radical (unpaired) electrons. The second-order valence-electron chi connectivity index (χ2n) is 6.17. The highest BCUT2D eigenvalue weighted by Gasteiger charge is 2.37. The fourth-order valence-electron chi connectivity index (χ4n) is 2.12. The number of rotatable bonds is 1. The molecule has 1 aliphatic rings. The number of alkyl carbamates (subject to hydrolysis) is 1. The minimum absolute atomic E-state index is 0.309. The van der Waals surface area contributed by atoms with E-state index in [0.717, 1.165) is 0 Å². The smallest absolute Gasteiger partial charge is 0.408 e. The molecule has 0 fully saturated rings. The van der Waals surface area contributed by atoms with Crippen LogP contribution >= 0.6 is 0 Å². The fourth-order valence-corrected chi connectivity index (χ4v) is 2.12. The average Bonchev–Trinajstić information content (AvgIpc) is 2.49. The van der Waals surface area contributed by atoms with Crippen LogP contribution in [0.2, 0.25) is 0 Å². The first-order chi connectivity index (χ1) is 10.2. The molecule has 1 aromatic rings. The predicted octanol–water partition coefficient (Wildman–Crippen LogP) is 1.72. The van der Waals surface area contributed by atoms with Crippen LogP contribution in [0.15, 0.2) is 18.3 Å². The lowest BCUT2D eigenvalue weighted by Crippen LogP contribution is -2.54. The maximum Gasteiger partial charge on any atom is 0.408 e. The molecule has 22 heavy (non-hydrogen) atoms. The normalized spacial score (nSPS) is 21.5. The highest BCUT2D eigenvalue weighted by molar-refractivity contribution is 5.99. The zero-order chi connectivity index (χ0) is 16.5. The van der Waals surface area contributed by atoms with E-state index in [1.807, 2.05) is 0 Å². The van der Waals surface area contributed by atoms with Crippen molar-refractivity contribution in [2.45, 2.75) is 45.4 Å². The van der Waals surface area contributed by atoms with Crippen LogP contribution in [0.5, 0.6) is 5.75 Å². The Hall–Kier alpha value is -2.31. The molecule has 1 unspecified atom stereocenters. The molecule has 2 amide bonds. The number of fused-ring (bicyclic) bond motifs is 1. The van der Waals surface area contributed by atoms with Crippen LogP contribution in [-0.4, -0.2) is 41.8 Å². The van der Waals surface area contributed by atoms with Gasteiger partial charge in [-0.25, -0.2) is 9.78 Å². The number of hydrogen-bond acceptors (Lipinski definition) is 5. The summed E-state index contributed by atoms with van der Waals surface area (Å²) in [6.45, 7) is 6.99. The van der Waals surface area contributed by atoms with Crippen LogP contribution in [0, 0.1) is 0 Å². The lowest BCUT2D eigenvalue weighted by atomic mass is 10.1. The number of nitrogens with zero attached hydrogens (tertiary/aromatic N) is 2. The number of amides is 2. The van der Waals surface area contributed by atoms with Crippen LogP contribution in [0.25, 0.3) is 0 Å². The molecule has 0 saturated carbocycles. The van der Waals surface area contributed by atoms with Gasteiger partial charge < -0.3 is 14.8 Å². The molecule has 1 aromatic heterocycles. The molecule has 0 spiro atoms. The molecular formula is C15H21N3O4. The third-order valence-electron chi connectivity index (χ3n) is 3.12. The van der Waals surface area contributed by atoms with Crippen molar-refractivity contribution in [2.75, 3.05) is 11.9 Å². The number of anilines is 1. The summed E-state index contributed by atoms with van der Waals surface area (Å²) in [6, 6.07) is 2.61. The third kappa shape index (κ3) is 3.47. The van der Waals surface area contributed by atoms with E-state index in [1.54, 1.807) is 53.1 Å². The largest absolute Gasteiger partial charge is 0.484 e. The first-order valence-electron chi connectivity index (χ1n) is 7.08. The number of ether oxygens (including phenoxy) is 2. The lowest BCUT2D eigenvalue weighted by molar-refractivity contribution is -0.121. The molecule has 0 aromatic carbocycles. The highest BCUT2D eigenvalue weighted by Crippen LogP contribution is 2.29.